The van der Waals surface area contributed by atoms with E-state index in [1.54, 1.807) is 11.3 Å². The lowest BCUT2D eigenvalue weighted by Gasteiger charge is -2.38. The summed E-state index contributed by atoms with van der Waals surface area (Å²) in [6.45, 7) is 8.76. The molecule has 0 atom stereocenters. The third kappa shape index (κ3) is 4.89. The summed E-state index contributed by atoms with van der Waals surface area (Å²) in [6, 6.07) is 18.8. The van der Waals surface area contributed by atoms with Gasteiger partial charge in [-0.3, -0.25) is 14.6 Å². The van der Waals surface area contributed by atoms with Gasteiger partial charge in [0.2, 0.25) is 5.91 Å². The number of rotatable bonds is 5. The zero-order chi connectivity index (χ0) is 21.0. The lowest BCUT2D eigenvalue weighted by Crippen LogP contribution is -2.53. The van der Waals surface area contributed by atoms with E-state index in [2.05, 4.69) is 57.2 Å². The van der Waals surface area contributed by atoms with Crippen molar-refractivity contribution in [1.29, 1.82) is 0 Å². The minimum atomic E-state index is 0.271. The molecule has 0 N–H and O–H groups in total. The number of aromatic nitrogens is 1. The average Bonchev–Trinajstić information content (AvgIpc) is 3.23. The second kappa shape index (κ2) is 9.34. The number of amides is 1. The second-order valence-electron chi connectivity index (χ2n) is 8.33. The van der Waals surface area contributed by atoms with Gasteiger partial charge in [0.1, 0.15) is 5.01 Å². The Morgan fingerprint density at radius 2 is 1.48 bits per heavy atom. The number of piperazine rings is 2. The van der Waals surface area contributed by atoms with E-state index < -0.39 is 0 Å². The average molecular weight is 436 g/mol. The number of fused-ring (bicyclic) bond motifs is 1. The monoisotopic (exact) mass is 435 g/mol. The van der Waals surface area contributed by atoms with Crippen molar-refractivity contribution in [3.05, 3.63) is 59.6 Å². The van der Waals surface area contributed by atoms with E-state index in [-0.39, 0.29) is 5.91 Å². The molecule has 0 aliphatic carbocycles. The third-order valence-electron chi connectivity index (χ3n) is 6.27. The van der Waals surface area contributed by atoms with Crippen LogP contribution in [-0.4, -0.2) is 84.5 Å². The summed E-state index contributed by atoms with van der Waals surface area (Å²) < 4.78 is 1.26. The summed E-state index contributed by atoms with van der Waals surface area (Å²) in [5, 5.41) is 1.18. The number of anilines is 1. The maximum atomic E-state index is 12.8. The van der Waals surface area contributed by atoms with Crippen LogP contribution < -0.4 is 4.90 Å². The van der Waals surface area contributed by atoms with Crippen molar-refractivity contribution in [2.75, 3.05) is 63.8 Å². The first-order valence-electron chi connectivity index (χ1n) is 11.1. The molecule has 1 amide bonds. The van der Waals surface area contributed by atoms with Crippen LogP contribution in [0.25, 0.3) is 10.2 Å². The lowest BCUT2D eigenvalue weighted by atomic mass is 10.2. The van der Waals surface area contributed by atoms with Gasteiger partial charge in [-0.15, -0.1) is 11.3 Å². The molecule has 2 aliphatic heterocycles. The highest BCUT2D eigenvalue weighted by molar-refractivity contribution is 7.18. The van der Waals surface area contributed by atoms with Crippen LogP contribution in [0.4, 0.5) is 5.69 Å². The standard InChI is InChI=1S/C24H29N5OS/c30-24(29-16-14-28(15-17-29)20-6-2-1-3-7-20)19-27-12-10-26(11-13-27)18-23-25-21-8-4-5-9-22(21)31-23/h1-9H,10-19H2. The SMILES string of the molecule is O=C(CN1CCN(Cc2nc3ccccc3s2)CC1)N1CCN(c2ccccc2)CC1. The Bertz CT molecular complexity index is 974. The van der Waals surface area contributed by atoms with Crippen LogP contribution >= 0.6 is 11.3 Å². The molecule has 7 heteroatoms. The topological polar surface area (TPSA) is 42.9 Å². The Morgan fingerprint density at radius 3 is 2.23 bits per heavy atom. The first kappa shape index (κ1) is 20.4. The highest BCUT2D eigenvalue weighted by atomic mass is 32.1. The maximum absolute atomic E-state index is 12.8. The largest absolute Gasteiger partial charge is 0.368 e. The molecule has 2 aromatic carbocycles. The van der Waals surface area contributed by atoms with Crippen LogP contribution in [0.1, 0.15) is 5.01 Å². The molecule has 0 unspecified atom stereocenters. The van der Waals surface area contributed by atoms with Crippen LogP contribution in [0.3, 0.4) is 0 Å². The number of carbonyl (C=O) groups is 1. The summed E-state index contributed by atoms with van der Waals surface area (Å²) in [5.41, 5.74) is 2.35. The number of para-hydroxylation sites is 2. The Kier molecular flexibility index (Phi) is 6.15. The van der Waals surface area contributed by atoms with Crippen LogP contribution in [0.2, 0.25) is 0 Å². The molecule has 5 rings (SSSR count). The predicted octanol–water partition coefficient (Wildman–Crippen LogP) is 2.76. The molecule has 2 fully saturated rings. The number of carbonyl (C=O) groups excluding carboxylic acids is 1. The molecule has 31 heavy (non-hydrogen) atoms. The summed E-state index contributed by atoms with van der Waals surface area (Å²) in [6.07, 6.45) is 0. The van der Waals surface area contributed by atoms with E-state index in [9.17, 15) is 4.79 Å². The Hall–Kier alpha value is -2.48. The summed E-state index contributed by atoms with van der Waals surface area (Å²) in [7, 11) is 0. The zero-order valence-electron chi connectivity index (χ0n) is 17.8. The normalized spacial score (nSPS) is 18.6. The van der Waals surface area contributed by atoms with Crippen molar-refractivity contribution >= 4 is 33.1 Å². The third-order valence-corrected chi connectivity index (χ3v) is 7.30. The smallest absolute Gasteiger partial charge is 0.236 e. The van der Waals surface area contributed by atoms with Crippen LogP contribution in [0.15, 0.2) is 54.6 Å². The van der Waals surface area contributed by atoms with Crippen molar-refractivity contribution in [2.24, 2.45) is 0 Å². The molecule has 0 radical (unpaired) electrons. The quantitative estimate of drug-likeness (QED) is 0.617. The molecular formula is C24H29N5OS. The van der Waals surface area contributed by atoms with Gasteiger partial charge in [0.15, 0.2) is 0 Å². The van der Waals surface area contributed by atoms with E-state index in [4.69, 9.17) is 4.98 Å². The Morgan fingerprint density at radius 1 is 0.806 bits per heavy atom. The van der Waals surface area contributed by atoms with Gasteiger partial charge in [0.05, 0.1) is 23.3 Å². The highest BCUT2D eigenvalue weighted by Crippen LogP contribution is 2.23. The van der Waals surface area contributed by atoms with Gasteiger partial charge >= 0.3 is 0 Å². The molecular weight excluding hydrogens is 406 g/mol. The fourth-order valence-electron chi connectivity index (χ4n) is 4.43. The molecule has 2 aliphatic rings. The Labute approximate surface area is 187 Å². The second-order valence-corrected chi connectivity index (χ2v) is 9.45. The molecule has 3 heterocycles. The zero-order valence-corrected chi connectivity index (χ0v) is 18.6. The number of hydrogen-bond donors (Lipinski definition) is 0. The minimum Gasteiger partial charge on any atom is -0.368 e. The molecule has 6 nitrogen and oxygen atoms in total. The van der Waals surface area contributed by atoms with E-state index in [1.807, 2.05) is 17.0 Å². The van der Waals surface area contributed by atoms with Crippen molar-refractivity contribution < 1.29 is 4.79 Å². The number of benzene rings is 2. The van der Waals surface area contributed by atoms with Crippen LogP contribution in [0, 0.1) is 0 Å². The first-order valence-corrected chi connectivity index (χ1v) is 11.9. The van der Waals surface area contributed by atoms with E-state index in [0.29, 0.717) is 6.54 Å². The van der Waals surface area contributed by atoms with Gasteiger partial charge in [-0.2, -0.15) is 0 Å². The van der Waals surface area contributed by atoms with Crippen molar-refractivity contribution in [3.8, 4) is 0 Å². The first-order chi connectivity index (χ1) is 15.2. The number of nitrogens with zero attached hydrogens (tertiary/aromatic N) is 5. The van der Waals surface area contributed by atoms with E-state index in [0.717, 1.165) is 64.4 Å². The predicted molar refractivity (Wildman–Crippen MR) is 127 cm³/mol. The van der Waals surface area contributed by atoms with Crippen molar-refractivity contribution in [3.63, 3.8) is 0 Å². The lowest BCUT2D eigenvalue weighted by molar-refractivity contribution is -0.133. The molecule has 3 aromatic rings. The van der Waals surface area contributed by atoms with Crippen LogP contribution in [-0.2, 0) is 11.3 Å². The van der Waals surface area contributed by atoms with Gasteiger partial charge in [0, 0.05) is 58.0 Å². The molecule has 2 saturated heterocycles. The fraction of sp³-hybridized carbons (Fsp3) is 0.417. The summed E-state index contributed by atoms with van der Waals surface area (Å²) >= 11 is 1.79. The minimum absolute atomic E-state index is 0.271. The maximum Gasteiger partial charge on any atom is 0.236 e. The molecule has 0 bridgehead atoms. The van der Waals surface area contributed by atoms with E-state index >= 15 is 0 Å². The molecule has 0 spiro atoms. The summed E-state index contributed by atoms with van der Waals surface area (Å²) in [4.78, 5) is 26.7. The molecule has 0 saturated carbocycles. The number of thiazole rings is 1. The summed E-state index contributed by atoms with van der Waals surface area (Å²) in [5.74, 6) is 0.271. The molecule has 162 valence electrons. The Balaban J connectivity index is 1.06. The van der Waals surface area contributed by atoms with Gasteiger partial charge < -0.3 is 9.80 Å². The molecule has 1 aromatic heterocycles. The van der Waals surface area contributed by atoms with E-state index in [1.165, 1.54) is 15.4 Å². The number of hydrogen-bond acceptors (Lipinski definition) is 6. The van der Waals surface area contributed by atoms with Gasteiger partial charge in [-0.1, -0.05) is 30.3 Å². The van der Waals surface area contributed by atoms with Crippen LogP contribution in [0.5, 0.6) is 0 Å². The fourth-order valence-corrected chi connectivity index (χ4v) is 5.44. The van der Waals surface area contributed by atoms with Crippen molar-refractivity contribution in [1.82, 2.24) is 19.7 Å². The van der Waals surface area contributed by atoms with Crippen molar-refractivity contribution in [2.45, 2.75) is 6.54 Å². The van der Waals surface area contributed by atoms with Gasteiger partial charge in [-0.05, 0) is 24.3 Å². The highest BCUT2D eigenvalue weighted by Gasteiger charge is 2.25. The van der Waals surface area contributed by atoms with Gasteiger partial charge in [-0.25, -0.2) is 4.98 Å². The van der Waals surface area contributed by atoms with Gasteiger partial charge in [0.25, 0.3) is 0 Å².